The largest absolute Gasteiger partial charge is 0.423 e. The molecule has 0 unspecified atom stereocenters. The average molecular weight is 294 g/mol. The van der Waals surface area contributed by atoms with Gasteiger partial charge in [0.05, 0.1) is 6.61 Å². The van der Waals surface area contributed by atoms with Crippen molar-refractivity contribution in [1.82, 2.24) is 0 Å². The van der Waals surface area contributed by atoms with E-state index >= 15 is 0 Å². The molecular weight excluding hydrogens is 282 g/mol. The third kappa shape index (κ3) is 4.44. The van der Waals surface area contributed by atoms with Crippen molar-refractivity contribution >= 4 is 5.84 Å². The van der Waals surface area contributed by atoms with Gasteiger partial charge in [0, 0.05) is 11.8 Å². The number of nitrogens with zero attached hydrogens (tertiary/aromatic N) is 1. The van der Waals surface area contributed by atoms with Crippen molar-refractivity contribution in [3.8, 4) is 0 Å². The summed E-state index contributed by atoms with van der Waals surface area (Å²) in [6.45, 7) is -0.743. The van der Waals surface area contributed by atoms with Gasteiger partial charge in [-0.2, -0.15) is 26.3 Å². The van der Waals surface area contributed by atoms with E-state index in [-0.39, 0.29) is 12.3 Å². The van der Waals surface area contributed by atoms with Crippen LogP contribution in [0.5, 0.6) is 0 Å². The fraction of sp³-hybridized carbons (Fsp3) is 0.889. The number of hydrogen-bond acceptors (Lipinski definition) is 3. The molecular formula is C9H12F6N2O2. The van der Waals surface area contributed by atoms with Gasteiger partial charge in [-0.3, -0.25) is 0 Å². The van der Waals surface area contributed by atoms with E-state index in [1.807, 2.05) is 0 Å². The first-order valence-corrected chi connectivity index (χ1v) is 5.22. The topological polar surface area (TPSA) is 67.8 Å². The molecule has 19 heavy (non-hydrogen) atoms. The predicted octanol–water partition coefficient (Wildman–Crippen LogP) is 2.41. The number of alkyl halides is 6. The maximum atomic E-state index is 12.2. The lowest BCUT2D eigenvalue weighted by molar-refractivity contribution is -0.324. The van der Waals surface area contributed by atoms with Crippen LogP contribution in [0.2, 0.25) is 0 Å². The van der Waals surface area contributed by atoms with Crippen molar-refractivity contribution in [2.45, 2.75) is 37.7 Å². The molecule has 1 rings (SSSR count). The molecule has 0 bridgehead atoms. The zero-order chi connectivity index (χ0) is 14.9. The second-order valence-electron chi connectivity index (χ2n) is 4.54. The van der Waals surface area contributed by atoms with Gasteiger partial charge < -0.3 is 15.7 Å². The Morgan fingerprint density at radius 1 is 1.21 bits per heavy atom. The summed E-state index contributed by atoms with van der Waals surface area (Å²) in [4.78, 5) is 0. The van der Waals surface area contributed by atoms with Gasteiger partial charge in [-0.05, 0) is 12.8 Å². The van der Waals surface area contributed by atoms with Crippen molar-refractivity contribution in [3.05, 3.63) is 0 Å². The molecule has 3 N–H and O–H groups in total. The van der Waals surface area contributed by atoms with E-state index in [1.165, 1.54) is 0 Å². The summed E-state index contributed by atoms with van der Waals surface area (Å²) in [6.07, 6.45) is -14.2. The minimum Gasteiger partial charge on any atom is -0.409 e. The van der Waals surface area contributed by atoms with Crippen molar-refractivity contribution in [1.29, 1.82) is 0 Å². The number of nitrogens with two attached hydrogens (primary N) is 1. The van der Waals surface area contributed by atoms with Gasteiger partial charge in [-0.1, -0.05) is 5.16 Å². The maximum absolute atomic E-state index is 12.2. The van der Waals surface area contributed by atoms with Crippen LogP contribution in [0, 0.1) is 5.41 Å². The van der Waals surface area contributed by atoms with Crippen LogP contribution in [0.15, 0.2) is 5.16 Å². The Morgan fingerprint density at radius 3 is 2.00 bits per heavy atom. The average Bonchev–Trinajstić information content (AvgIpc) is 2.94. The fourth-order valence-electron chi connectivity index (χ4n) is 1.60. The number of hydrogen-bond donors (Lipinski definition) is 2. The van der Waals surface area contributed by atoms with Crippen molar-refractivity contribution in [3.63, 3.8) is 0 Å². The molecule has 112 valence electrons. The summed E-state index contributed by atoms with van der Waals surface area (Å²) < 4.78 is 77.2. The smallest absolute Gasteiger partial charge is 0.409 e. The molecule has 10 heteroatoms. The van der Waals surface area contributed by atoms with Gasteiger partial charge in [-0.25, -0.2) is 0 Å². The minimum absolute atomic E-state index is 0.105. The van der Waals surface area contributed by atoms with E-state index in [0.29, 0.717) is 12.8 Å². The molecule has 0 spiro atoms. The molecule has 0 radical (unpaired) electrons. The van der Waals surface area contributed by atoms with Gasteiger partial charge in [0.25, 0.3) is 0 Å². The van der Waals surface area contributed by atoms with Crippen molar-refractivity contribution in [2.75, 3.05) is 6.61 Å². The Morgan fingerprint density at radius 2 is 1.68 bits per heavy atom. The first-order chi connectivity index (χ1) is 8.50. The van der Waals surface area contributed by atoms with Gasteiger partial charge in [-0.15, -0.1) is 0 Å². The Kier molecular flexibility index (Phi) is 4.23. The molecule has 0 saturated heterocycles. The Hall–Kier alpha value is -1.19. The van der Waals surface area contributed by atoms with E-state index in [0.717, 1.165) is 0 Å². The highest BCUT2D eigenvalue weighted by atomic mass is 19.4. The number of ether oxygens (including phenoxy) is 1. The summed E-state index contributed by atoms with van der Waals surface area (Å²) in [5.74, 6) is -0.253. The van der Waals surface area contributed by atoms with E-state index in [9.17, 15) is 26.3 Å². The minimum atomic E-state index is -5.52. The third-order valence-electron chi connectivity index (χ3n) is 2.79. The first kappa shape index (κ1) is 15.9. The summed E-state index contributed by atoms with van der Waals surface area (Å²) in [6, 6.07) is 0. The molecule has 4 nitrogen and oxygen atoms in total. The van der Waals surface area contributed by atoms with Gasteiger partial charge in [0.2, 0.25) is 6.10 Å². The van der Waals surface area contributed by atoms with Crippen LogP contribution in [0.1, 0.15) is 19.3 Å². The Labute approximate surface area is 104 Å². The number of rotatable bonds is 5. The van der Waals surface area contributed by atoms with Gasteiger partial charge >= 0.3 is 12.4 Å². The van der Waals surface area contributed by atoms with E-state index in [1.54, 1.807) is 0 Å². The highest BCUT2D eigenvalue weighted by Gasteiger charge is 2.59. The normalized spacial score (nSPS) is 19.8. The summed E-state index contributed by atoms with van der Waals surface area (Å²) in [7, 11) is 0. The molecule has 0 aromatic heterocycles. The lowest BCUT2D eigenvalue weighted by atomic mass is 10.0. The molecule has 0 heterocycles. The third-order valence-corrected chi connectivity index (χ3v) is 2.79. The SMILES string of the molecule is NC(CC1(COC(C(F)(F)F)C(F)(F)F)CC1)=NO. The molecule has 1 aliphatic carbocycles. The second kappa shape index (κ2) is 5.06. The summed E-state index contributed by atoms with van der Waals surface area (Å²) >= 11 is 0. The first-order valence-electron chi connectivity index (χ1n) is 5.22. The lowest BCUT2D eigenvalue weighted by Gasteiger charge is -2.25. The predicted molar refractivity (Wildman–Crippen MR) is 51.5 cm³/mol. The molecule has 1 fully saturated rings. The summed E-state index contributed by atoms with van der Waals surface area (Å²) in [5.41, 5.74) is 4.28. The number of oxime groups is 1. The molecule has 1 saturated carbocycles. The Balaban J connectivity index is 2.63. The quantitative estimate of drug-likeness (QED) is 0.269. The van der Waals surface area contributed by atoms with Crippen molar-refractivity contribution in [2.24, 2.45) is 16.3 Å². The van der Waals surface area contributed by atoms with Crippen molar-refractivity contribution < 1.29 is 36.3 Å². The zero-order valence-electron chi connectivity index (χ0n) is 9.55. The van der Waals surface area contributed by atoms with E-state index < -0.39 is 30.5 Å². The van der Waals surface area contributed by atoms with Gasteiger partial charge in [0.15, 0.2) is 0 Å². The lowest BCUT2D eigenvalue weighted by Crippen LogP contribution is -2.45. The molecule has 0 aliphatic heterocycles. The number of halogens is 6. The molecule has 0 aromatic rings. The van der Waals surface area contributed by atoms with Crippen LogP contribution in [-0.2, 0) is 4.74 Å². The highest BCUT2D eigenvalue weighted by molar-refractivity contribution is 5.80. The molecule has 0 aromatic carbocycles. The van der Waals surface area contributed by atoms with Crippen LogP contribution in [0.25, 0.3) is 0 Å². The van der Waals surface area contributed by atoms with Crippen LogP contribution >= 0.6 is 0 Å². The van der Waals surface area contributed by atoms with Crippen LogP contribution in [0.4, 0.5) is 26.3 Å². The van der Waals surface area contributed by atoms with E-state index in [2.05, 4.69) is 9.89 Å². The second-order valence-corrected chi connectivity index (χ2v) is 4.54. The van der Waals surface area contributed by atoms with Gasteiger partial charge in [0.1, 0.15) is 5.84 Å². The Bertz CT molecular complexity index is 334. The van der Waals surface area contributed by atoms with Crippen LogP contribution < -0.4 is 5.73 Å². The molecule has 1 aliphatic rings. The number of amidine groups is 1. The monoisotopic (exact) mass is 294 g/mol. The highest BCUT2D eigenvalue weighted by Crippen LogP contribution is 2.50. The molecule has 0 amide bonds. The van der Waals surface area contributed by atoms with Crippen LogP contribution in [-0.4, -0.2) is 36.1 Å². The standard InChI is InChI=1S/C9H12F6N2O2/c10-8(11,12)6(9(13,14)15)19-4-7(1-2-7)3-5(16)17-18/h6,18H,1-4H2,(H2,16,17). The zero-order valence-corrected chi connectivity index (χ0v) is 9.55. The fourth-order valence-corrected chi connectivity index (χ4v) is 1.60. The molecule has 0 atom stereocenters. The van der Waals surface area contributed by atoms with E-state index in [4.69, 9.17) is 10.9 Å². The maximum Gasteiger partial charge on any atom is 0.423 e. The summed E-state index contributed by atoms with van der Waals surface area (Å²) in [5, 5.41) is 11.0. The van der Waals surface area contributed by atoms with Crippen LogP contribution in [0.3, 0.4) is 0 Å².